The Morgan fingerprint density at radius 2 is 1.52 bits per heavy atom. The first-order valence-corrected chi connectivity index (χ1v) is 6.20. The number of esters is 1. The summed E-state index contributed by atoms with van der Waals surface area (Å²) in [5, 5.41) is 2.27. The molecule has 0 heterocycles. The molecule has 0 spiro atoms. The van der Waals surface area contributed by atoms with Crippen LogP contribution < -0.4 is 5.32 Å². The van der Waals surface area contributed by atoms with Crippen molar-refractivity contribution in [2.75, 3.05) is 12.4 Å². The second kappa shape index (κ2) is 8.47. The molecule has 0 radical (unpaired) electrons. The first kappa shape index (κ1) is 16.4. The molecule has 110 valence electrons. The molecule has 5 heteroatoms. The molecular weight excluding hydrogens is 273 g/mol. The number of ether oxygens (including phenoxy) is 1. The first-order chi connectivity index (χ1) is 10.1. The number of nitrogens with one attached hydrogen (secondary N) is 1. The van der Waals surface area contributed by atoms with Gasteiger partial charge in [-0.3, -0.25) is 4.79 Å². The van der Waals surface area contributed by atoms with Crippen LogP contribution in [0, 0.1) is 5.82 Å². The quantitative estimate of drug-likeness (QED) is 0.863. The number of hydrogen-bond acceptors (Lipinski definition) is 3. The third kappa shape index (κ3) is 5.44. The SMILES string of the molecule is COC(=O)c1cccc(NC(C)=O)c1F.c1ccccc1. The van der Waals surface area contributed by atoms with Gasteiger partial charge in [0.15, 0.2) is 5.82 Å². The third-order valence-electron chi connectivity index (χ3n) is 2.38. The molecule has 1 N–H and O–H groups in total. The minimum absolute atomic E-state index is 0.0367. The molecule has 2 aromatic rings. The zero-order chi connectivity index (χ0) is 15.7. The van der Waals surface area contributed by atoms with Gasteiger partial charge in [-0.1, -0.05) is 42.5 Å². The van der Waals surface area contributed by atoms with Crippen LogP contribution in [0.3, 0.4) is 0 Å². The van der Waals surface area contributed by atoms with E-state index in [0.29, 0.717) is 0 Å². The summed E-state index contributed by atoms with van der Waals surface area (Å²) in [5.41, 5.74) is -0.242. The smallest absolute Gasteiger partial charge is 0.340 e. The fourth-order valence-corrected chi connectivity index (χ4v) is 1.47. The number of carbonyl (C=O) groups excluding carboxylic acids is 2. The molecule has 21 heavy (non-hydrogen) atoms. The van der Waals surface area contributed by atoms with Crippen molar-refractivity contribution in [3.05, 3.63) is 66.0 Å². The number of rotatable bonds is 2. The molecule has 0 saturated heterocycles. The molecule has 0 aliphatic heterocycles. The van der Waals surface area contributed by atoms with Gasteiger partial charge in [-0.2, -0.15) is 0 Å². The number of halogens is 1. The largest absolute Gasteiger partial charge is 0.465 e. The van der Waals surface area contributed by atoms with Gasteiger partial charge in [0.1, 0.15) is 0 Å². The van der Waals surface area contributed by atoms with E-state index in [-0.39, 0.29) is 11.3 Å². The molecular formula is C16H16FNO3. The molecule has 0 aliphatic carbocycles. The lowest BCUT2D eigenvalue weighted by Crippen LogP contribution is -2.11. The summed E-state index contributed by atoms with van der Waals surface area (Å²) in [6.45, 7) is 1.25. The van der Waals surface area contributed by atoms with Crippen LogP contribution in [0.15, 0.2) is 54.6 Å². The van der Waals surface area contributed by atoms with Crippen LogP contribution in [-0.2, 0) is 9.53 Å². The summed E-state index contributed by atoms with van der Waals surface area (Å²) in [7, 11) is 1.16. The Labute approximate surface area is 122 Å². The number of methoxy groups -OCH3 is 1. The van der Waals surface area contributed by atoms with Gasteiger partial charge in [-0.05, 0) is 12.1 Å². The summed E-state index contributed by atoms with van der Waals surface area (Å²) in [6.07, 6.45) is 0. The van der Waals surface area contributed by atoms with E-state index in [4.69, 9.17) is 0 Å². The van der Waals surface area contributed by atoms with E-state index in [1.54, 1.807) is 0 Å². The van der Waals surface area contributed by atoms with Crippen molar-refractivity contribution in [3.8, 4) is 0 Å². The summed E-state index contributed by atoms with van der Waals surface area (Å²) >= 11 is 0. The van der Waals surface area contributed by atoms with Crippen molar-refractivity contribution in [1.82, 2.24) is 0 Å². The molecule has 0 saturated carbocycles. The highest BCUT2D eigenvalue weighted by Crippen LogP contribution is 2.18. The van der Waals surface area contributed by atoms with Crippen LogP contribution in [0.2, 0.25) is 0 Å². The van der Waals surface area contributed by atoms with Crippen LogP contribution in [0.1, 0.15) is 17.3 Å². The highest BCUT2D eigenvalue weighted by Gasteiger charge is 2.15. The predicted molar refractivity (Wildman–Crippen MR) is 78.5 cm³/mol. The van der Waals surface area contributed by atoms with E-state index in [1.807, 2.05) is 36.4 Å². The molecule has 0 fully saturated rings. The van der Waals surface area contributed by atoms with Crippen molar-refractivity contribution >= 4 is 17.6 Å². The monoisotopic (exact) mass is 289 g/mol. The molecule has 4 nitrogen and oxygen atoms in total. The number of carbonyl (C=O) groups is 2. The number of hydrogen-bond donors (Lipinski definition) is 1. The maximum atomic E-state index is 13.6. The maximum absolute atomic E-state index is 13.6. The van der Waals surface area contributed by atoms with E-state index in [0.717, 1.165) is 7.11 Å². The van der Waals surface area contributed by atoms with Crippen LogP contribution in [-0.4, -0.2) is 19.0 Å². The second-order valence-electron chi connectivity index (χ2n) is 3.99. The average Bonchev–Trinajstić information content (AvgIpc) is 2.50. The zero-order valence-corrected chi connectivity index (χ0v) is 11.8. The van der Waals surface area contributed by atoms with Crippen molar-refractivity contribution in [2.45, 2.75) is 6.92 Å². The highest BCUT2D eigenvalue weighted by molar-refractivity contribution is 5.94. The van der Waals surface area contributed by atoms with Crippen LogP contribution in [0.25, 0.3) is 0 Å². The van der Waals surface area contributed by atoms with Gasteiger partial charge >= 0.3 is 5.97 Å². The van der Waals surface area contributed by atoms with Gasteiger partial charge in [0.25, 0.3) is 0 Å². The zero-order valence-electron chi connectivity index (χ0n) is 11.8. The Balaban J connectivity index is 0.000000304. The molecule has 0 atom stereocenters. The standard InChI is InChI=1S/C10H10FNO3.C6H6/c1-6(13)12-8-5-3-4-7(9(8)11)10(14)15-2;1-2-4-6-5-3-1/h3-5H,1-2H3,(H,12,13);1-6H. The lowest BCUT2D eigenvalue weighted by atomic mass is 10.2. The number of benzene rings is 2. The summed E-state index contributed by atoms with van der Waals surface area (Å²) in [4.78, 5) is 21.8. The number of amides is 1. The van der Waals surface area contributed by atoms with E-state index in [9.17, 15) is 14.0 Å². The minimum Gasteiger partial charge on any atom is -0.465 e. The molecule has 0 aliphatic rings. The topological polar surface area (TPSA) is 55.4 Å². The van der Waals surface area contributed by atoms with Crippen LogP contribution in [0.5, 0.6) is 0 Å². The fourth-order valence-electron chi connectivity index (χ4n) is 1.47. The molecule has 2 aromatic carbocycles. The Bertz CT molecular complexity index is 573. The van der Waals surface area contributed by atoms with Crippen LogP contribution in [0.4, 0.5) is 10.1 Å². The Kier molecular flexibility index (Phi) is 6.60. The Morgan fingerprint density at radius 1 is 1.00 bits per heavy atom. The molecule has 1 amide bonds. The van der Waals surface area contributed by atoms with Crippen molar-refractivity contribution in [2.24, 2.45) is 0 Å². The lowest BCUT2D eigenvalue weighted by molar-refractivity contribution is -0.114. The van der Waals surface area contributed by atoms with Crippen molar-refractivity contribution in [3.63, 3.8) is 0 Å². The second-order valence-corrected chi connectivity index (χ2v) is 3.99. The van der Waals surface area contributed by atoms with Crippen molar-refractivity contribution in [1.29, 1.82) is 0 Å². The van der Waals surface area contributed by atoms with E-state index >= 15 is 0 Å². The summed E-state index contributed by atoms with van der Waals surface area (Å²) < 4.78 is 17.9. The summed E-state index contributed by atoms with van der Waals surface area (Å²) in [5.74, 6) is -1.98. The Morgan fingerprint density at radius 3 is 1.95 bits per heavy atom. The molecule has 0 bridgehead atoms. The fraction of sp³-hybridized carbons (Fsp3) is 0.125. The number of anilines is 1. The molecule has 0 unspecified atom stereocenters. The summed E-state index contributed by atoms with van der Waals surface area (Å²) in [6, 6.07) is 16.1. The van der Waals surface area contributed by atoms with Gasteiger partial charge in [0.2, 0.25) is 5.91 Å². The van der Waals surface area contributed by atoms with Gasteiger partial charge in [0.05, 0.1) is 18.4 Å². The van der Waals surface area contributed by atoms with Gasteiger partial charge in [-0.25, -0.2) is 9.18 Å². The first-order valence-electron chi connectivity index (χ1n) is 6.20. The van der Waals surface area contributed by atoms with Gasteiger partial charge in [-0.15, -0.1) is 0 Å². The van der Waals surface area contributed by atoms with Crippen molar-refractivity contribution < 1.29 is 18.7 Å². The lowest BCUT2D eigenvalue weighted by Gasteiger charge is -2.06. The van der Waals surface area contributed by atoms with E-state index in [2.05, 4.69) is 10.1 Å². The van der Waals surface area contributed by atoms with Gasteiger partial charge < -0.3 is 10.1 Å². The maximum Gasteiger partial charge on any atom is 0.340 e. The highest BCUT2D eigenvalue weighted by atomic mass is 19.1. The van der Waals surface area contributed by atoms with E-state index in [1.165, 1.54) is 25.1 Å². The van der Waals surface area contributed by atoms with E-state index < -0.39 is 17.7 Å². The predicted octanol–water partition coefficient (Wildman–Crippen LogP) is 3.26. The average molecular weight is 289 g/mol. The minimum atomic E-state index is -0.792. The third-order valence-corrected chi connectivity index (χ3v) is 2.38. The molecule has 0 aromatic heterocycles. The molecule has 2 rings (SSSR count). The normalized spacial score (nSPS) is 9.10. The van der Waals surface area contributed by atoms with Crippen LogP contribution >= 0.6 is 0 Å². The Hall–Kier alpha value is -2.69. The van der Waals surface area contributed by atoms with Gasteiger partial charge in [0, 0.05) is 6.92 Å².